The number of hydrogen-bond acceptors (Lipinski definition) is 6. The van der Waals surface area contributed by atoms with Gasteiger partial charge in [0, 0.05) is 13.1 Å². The molecule has 10 heteroatoms. The van der Waals surface area contributed by atoms with Gasteiger partial charge in [-0.05, 0) is 38.5 Å². The van der Waals surface area contributed by atoms with Crippen molar-refractivity contribution in [3.8, 4) is 0 Å². The average Bonchev–Trinajstić information content (AvgIpc) is 3.38. The monoisotopic (exact) mass is 426 g/mol. The molecule has 2 fully saturated rings. The fourth-order valence-electron chi connectivity index (χ4n) is 4.10. The third kappa shape index (κ3) is 5.10. The standard InChI is InChI=1S/C20H34N4O6/c1-4-11(2)15(21)18(27)23-9-5-7-13(23)17(26)22-16(12(3)25)19(28)24-10-6-8-14(24)20(29)30/h11-16,25H,4-10,21H2,1-3H3,(H,22,26)(H,29,30). The SMILES string of the molecule is CCC(C)C(N)C(=O)N1CCCC1C(=O)NC(C(=O)N1CCCC1C(=O)O)C(C)O. The van der Waals surface area contributed by atoms with Gasteiger partial charge in [0.1, 0.15) is 18.1 Å². The van der Waals surface area contributed by atoms with E-state index >= 15 is 0 Å². The van der Waals surface area contributed by atoms with Crippen molar-refractivity contribution in [3.63, 3.8) is 0 Å². The predicted molar refractivity (Wildman–Crippen MR) is 108 cm³/mol. The van der Waals surface area contributed by atoms with Gasteiger partial charge in [0.05, 0.1) is 12.1 Å². The Labute approximate surface area is 176 Å². The zero-order chi connectivity index (χ0) is 22.6. The first-order valence-electron chi connectivity index (χ1n) is 10.7. The Morgan fingerprint density at radius 2 is 1.57 bits per heavy atom. The van der Waals surface area contributed by atoms with Crippen molar-refractivity contribution in [2.45, 2.75) is 83.1 Å². The summed E-state index contributed by atoms with van der Waals surface area (Å²) in [6.45, 7) is 5.84. The largest absolute Gasteiger partial charge is 0.480 e. The highest BCUT2D eigenvalue weighted by Gasteiger charge is 2.42. The van der Waals surface area contributed by atoms with Gasteiger partial charge in [0.25, 0.3) is 0 Å². The third-order valence-corrected chi connectivity index (χ3v) is 6.25. The summed E-state index contributed by atoms with van der Waals surface area (Å²) in [5.41, 5.74) is 6.06. The Morgan fingerprint density at radius 3 is 2.07 bits per heavy atom. The van der Waals surface area contributed by atoms with Crippen molar-refractivity contribution in [1.29, 1.82) is 0 Å². The zero-order valence-corrected chi connectivity index (χ0v) is 17.9. The van der Waals surface area contributed by atoms with Gasteiger partial charge >= 0.3 is 5.97 Å². The van der Waals surface area contributed by atoms with Crippen LogP contribution < -0.4 is 11.1 Å². The Kier molecular flexibility index (Phi) is 8.19. The molecule has 5 N–H and O–H groups in total. The molecule has 10 nitrogen and oxygen atoms in total. The van der Waals surface area contributed by atoms with Crippen molar-refractivity contribution in [2.24, 2.45) is 11.7 Å². The minimum atomic E-state index is -1.28. The number of likely N-dealkylation sites (tertiary alicyclic amines) is 2. The van der Waals surface area contributed by atoms with E-state index in [0.29, 0.717) is 32.2 Å². The molecule has 3 amide bonds. The van der Waals surface area contributed by atoms with Crippen LogP contribution in [0.2, 0.25) is 0 Å². The number of aliphatic hydroxyl groups is 1. The number of rotatable bonds is 8. The molecule has 0 bridgehead atoms. The molecule has 2 rings (SSSR count). The Hall–Kier alpha value is -2.20. The molecule has 2 heterocycles. The van der Waals surface area contributed by atoms with Gasteiger partial charge in [0.15, 0.2) is 0 Å². The molecule has 0 spiro atoms. The molecule has 2 aliphatic heterocycles. The molecular weight excluding hydrogens is 392 g/mol. The summed E-state index contributed by atoms with van der Waals surface area (Å²) in [6, 6.07) is -3.72. The van der Waals surface area contributed by atoms with Gasteiger partial charge in [0.2, 0.25) is 17.7 Å². The molecule has 6 unspecified atom stereocenters. The van der Waals surface area contributed by atoms with Crippen LogP contribution in [0.15, 0.2) is 0 Å². The summed E-state index contributed by atoms with van der Waals surface area (Å²) in [6.07, 6.45) is 1.47. The summed E-state index contributed by atoms with van der Waals surface area (Å²) in [7, 11) is 0. The molecule has 170 valence electrons. The number of carboxylic acids is 1. The lowest BCUT2D eigenvalue weighted by Crippen LogP contribution is -2.59. The van der Waals surface area contributed by atoms with Gasteiger partial charge in [-0.2, -0.15) is 0 Å². The Morgan fingerprint density at radius 1 is 1.03 bits per heavy atom. The summed E-state index contributed by atoms with van der Waals surface area (Å²) in [5, 5.41) is 22.0. The minimum Gasteiger partial charge on any atom is -0.480 e. The van der Waals surface area contributed by atoms with Crippen molar-refractivity contribution < 1.29 is 29.4 Å². The fourth-order valence-corrected chi connectivity index (χ4v) is 4.10. The second-order valence-corrected chi connectivity index (χ2v) is 8.36. The number of nitrogens with zero attached hydrogens (tertiary/aromatic N) is 2. The number of carbonyl (C=O) groups is 4. The average molecular weight is 427 g/mol. The van der Waals surface area contributed by atoms with E-state index in [0.717, 1.165) is 6.42 Å². The van der Waals surface area contributed by atoms with Crippen LogP contribution in [0.4, 0.5) is 0 Å². The third-order valence-electron chi connectivity index (χ3n) is 6.25. The highest BCUT2D eigenvalue weighted by atomic mass is 16.4. The molecule has 0 aliphatic carbocycles. The first-order chi connectivity index (χ1) is 14.1. The summed E-state index contributed by atoms with van der Waals surface area (Å²) in [4.78, 5) is 52.6. The Balaban J connectivity index is 2.11. The van der Waals surface area contributed by atoms with Crippen molar-refractivity contribution in [2.75, 3.05) is 13.1 Å². The number of carboxylic acid groups (broad SMARTS) is 1. The zero-order valence-electron chi connectivity index (χ0n) is 17.9. The fraction of sp³-hybridized carbons (Fsp3) is 0.800. The van der Waals surface area contributed by atoms with Crippen molar-refractivity contribution in [3.05, 3.63) is 0 Å². The smallest absolute Gasteiger partial charge is 0.326 e. The summed E-state index contributed by atoms with van der Waals surface area (Å²) < 4.78 is 0. The predicted octanol–water partition coefficient (Wildman–Crippen LogP) is -0.708. The lowest BCUT2D eigenvalue weighted by atomic mass is 9.98. The highest BCUT2D eigenvalue weighted by molar-refractivity contribution is 5.95. The number of amides is 3. The number of nitrogens with two attached hydrogens (primary N) is 1. The highest BCUT2D eigenvalue weighted by Crippen LogP contribution is 2.22. The molecule has 0 aromatic carbocycles. The van der Waals surface area contributed by atoms with Crippen LogP contribution in [-0.2, 0) is 19.2 Å². The lowest BCUT2D eigenvalue weighted by Gasteiger charge is -2.32. The van der Waals surface area contributed by atoms with Crippen LogP contribution in [0.5, 0.6) is 0 Å². The van der Waals surface area contributed by atoms with Crippen molar-refractivity contribution in [1.82, 2.24) is 15.1 Å². The van der Waals surface area contributed by atoms with Crippen LogP contribution >= 0.6 is 0 Å². The molecule has 2 aliphatic rings. The van der Waals surface area contributed by atoms with Crippen LogP contribution in [0.1, 0.15) is 52.9 Å². The van der Waals surface area contributed by atoms with E-state index in [4.69, 9.17) is 5.73 Å². The summed E-state index contributed by atoms with van der Waals surface area (Å²) in [5.74, 6) is -2.61. The maximum atomic E-state index is 12.9. The molecule has 0 saturated carbocycles. The van der Waals surface area contributed by atoms with Gasteiger partial charge in [-0.3, -0.25) is 14.4 Å². The summed E-state index contributed by atoms with van der Waals surface area (Å²) >= 11 is 0. The van der Waals surface area contributed by atoms with Gasteiger partial charge in [-0.25, -0.2) is 4.79 Å². The van der Waals surface area contributed by atoms with Crippen molar-refractivity contribution >= 4 is 23.7 Å². The molecule has 0 aromatic rings. The number of aliphatic carboxylic acids is 1. The van der Waals surface area contributed by atoms with E-state index in [2.05, 4.69) is 5.32 Å². The van der Waals surface area contributed by atoms with Crippen LogP contribution in [-0.4, -0.2) is 87.1 Å². The Bertz CT molecular complexity index is 670. The minimum absolute atomic E-state index is 0.0308. The van der Waals surface area contributed by atoms with Crippen LogP contribution in [0.3, 0.4) is 0 Å². The molecule has 6 atom stereocenters. The maximum Gasteiger partial charge on any atom is 0.326 e. The van der Waals surface area contributed by atoms with Crippen LogP contribution in [0, 0.1) is 5.92 Å². The van der Waals surface area contributed by atoms with E-state index in [9.17, 15) is 29.4 Å². The van der Waals surface area contributed by atoms with Gasteiger partial charge < -0.3 is 31.1 Å². The molecular formula is C20H34N4O6. The second kappa shape index (κ2) is 10.2. The van der Waals surface area contributed by atoms with E-state index in [1.807, 2.05) is 13.8 Å². The van der Waals surface area contributed by atoms with Crippen LogP contribution in [0.25, 0.3) is 0 Å². The first kappa shape index (κ1) is 24.1. The molecule has 30 heavy (non-hydrogen) atoms. The normalized spacial score (nSPS) is 25.5. The topological polar surface area (TPSA) is 153 Å². The van der Waals surface area contributed by atoms with E-state index in [1.54, 1.807) is 0 Å². The quantitative estimate of drug-likeness (QED) is 0.400. The van der Waals surface area contributed by atoms with E-state index in [-0.39, 0.29) is 18.4 Å². The molecule has 0 radical (unpaired) electrons. The van der Waals surface area contributed by atoms with Gasteiger partial charge in [-0.1, -0.05) is 20.3 Å². The van der Waals surface area contributed by atoms with E-state index in [1.165, 1.54) is 16.7 Å². The number of nitrogens with one attached hydrogen (secondary N) is 1. The first-order valence-corrected chi connectivity index (χ1v) is 10.7. The van der Waals surface area contributed by atoms with Gasteiger partial charge in [-0.15, -0.1) is 0 Å². The number of carbonyl (C=O) groups excluding carboxylic acids is 3. The second-order valence-electron chi connectivity index (χ2n) is 8.36. The number of aliphatic hydroxyl groups excluding tert-OH is 1. The lowest BCUT2D eigenvalue weighted by molar-refractivity contribution is -0.151. The molecule has 2 saturated heterocycles. The maximum absolute atomic E-state index is 12.9. The van der Waals surface area contributed by atoms with E-state index < -0.39 is 48.1 Å². The number of hydrogen-bond donors (Lipinski definition) is 4. The molecule has 0 aromatic heterocycles.